The van der Waals surface area contributed by atoms with Gasteiger partial charge in [0.1, 0.15) is 5.82 Å². The highest BCUT2D eigenvalue weighted by molar-refractivity contribution is 5.93. The lowest BCUT2D eigenvalue weighted by Gasteiger charge is -2.61. The number of rotatable bonds is 3. The van der Waals surface area contributed by atoms with Crippen LogP contribution in [0, 0.1) is 17.8 Å². The maximum Gasteiger partial charge on any atom is 0.410 e. The van der Waals surface area contributed by atoms with E-state index in [1.165, 1.54) is 44.6 Å². The van der Waals surface area contributed by atoms with E-state index in [0.29, 0.717) is 35.7 Å². The van der Waals surface area contributed by atoms with Gasteiger partial charge < -0.3 is 19.7 Å². The minimum absolute atomic E-state index is 0.0614. The second kappa shape index (κ2) is 8.77. The lowest BCUT2D eigenvalue weighted by molar-refractivity contribution is -0.173. The molecule has 5 fully saturated rings. The predicted octanol–water partition coefficient (Wildman–Crippen LogP) is 5.00. The molecule has 4 bridgehead atoms. The number of benzene rings is 1. The van der Waals surface area contributed by atoms with Crippen LogP contribution in [0.2, 0.25) is 0 Å². The summed E-state index contributed by atoms with van der Waals surface area (Å²) in [5.74, 6) is 3.58. The van der Waals surface area contributed by atoms with Crippen molar-refractivity contribution in [3.63, 3.8) is 0 Å². The van der Waals surface area contributed by atoms with Gasteiger partial charge in [0.15, 0.2) is 23.2 Å². The molecule has 4 aliphatic carbocycles. The number of aromatic nitrogens is 2. The lowest BCUT2D eigenvalue weighted by Crippen LogP contribution is -2.64. The molecule has 11 heteroatoms. The topological polar surface area (TPSA) is 71.9 Å². The first-order valence-electron chi connectivity index (χ1n) is 14.6. The Labute approximate surface area is 230 Å². The van der Waals surface area contributed by atoms with E-state index in [-0.39, 0.29) is 30.6 Å². The van der Waals surface area contributed by atoms with E-state index < -0.39 is 18.3 Å². The van der Waals surface area contributed by atoms with Gasteiger partial charge >= 0.3 is 6.18 Å². The SMILES string of the molecule is O=C(c1cc2n(n1)[C@H](C(F)(F)F)C[C@@H](c1ccc3c(c1)OCO3)N2)N1CCN(C23CC4CC(CC(C4)C2)C3)CC1. The number of nitrogens with zero attached hydrogens (tertiary/aromatic N) is 4. The molecule has 3 aliphatic heterocycles. The summed E-state index contributed by atoms with van der Waals surface area (Å²) in [6.07, 6.45) is 3.29. The molecule has 0 radical (unpaired) electrons. The highest BCUT2D eigenvalue weighted by Gasteiger charge is 2.54. The standard InChI is InChI=1S/C29H34F3N5O3/c30-29(31,32)25-11-21(20-1-2-23-24(10-20)40-16-39-23)33-26-12-22(34-37(25)26)27(38)35-3-5-36(6-4-35)28-13-17-7-18(14-28)9-19(8-17)15-28/h1-2,10,12,17-19,21,25,33H,3-9,11,13-16H2/t17?,18?,19?,21-,25-,28?/m0/s1. The summed E-state index contributed by atoms with van der Waals surface area (Å²) < 4.78 is 54.4. The highest BCUT2D eigenvalue weighted by atomic mass is 19.4. The van der Waals surface area contributed by atoms with Crippen molar-refractivity contribution in [3.05, 3.63) is 35.5 Å². The molecular formula is C29H34F3N5O3. The molecule has 1 aromatic heterocycles. The van der Waals surface area contributed by atoms with Gasteiger partial charge in [0.05, 0.1) is 6.04 Å². The Balaban J connectivity index is 0.995. The van der Waals surface area contributed by atoms with E-state index in [4.69, 9.17) is 9.47 Å². The second-order valence-corrected chi connectivity index (χ2v) is 12.9. The molecule has 1 saturated heterocycles. The van der Waals surface area contributed by atoms with E-state index in [9.17, 15) is 18.0 Å². The summed E-state index contributed by atoms with van der Waals surface area (Å²) >= 11 is 0. The number of carbonyl (C=O) groups excluding carboxylic acids is 1. The van der Waals surface area contributed by atoms with Crippen LogP contribution in [0.15, 0.2) is 24.3 Å². The number of hydrogen-bond donors (Lipinski definition) is 1. The minimum atomic E-state index is -4.51. The zero-order chi connectivity index (χ0) is 27.2. The molecule has 1 N–H and O–H groups in total. The van der Waals surface area contributed by atoms with Crippen molar-refractivity contribution < 1.29 is 27.4 Å². The van der Waals surface area contributed by atoms with Crippen LogP contribution < -0.4 is 14.8 Å². The molecule has 0 spiro atoms. The Morgan fingerprint density at radius 2 is 1.60 bits per heavy atom. The number of amides is 1. The normalized spacial score (nSPS) is 34.6. The van der Waals surface area contributed by atoms with E-state index >= 15 is 0 Å². The number of ether oxygens (including phenoxy) is 2. The van der Waals surface area contributed by atoms with Crippen LogP contribution in [0.3, 0.4) is 0 Å². The number of nitrogens with one attached hydrogen (secondary N) is 1. The fourth-order valence-electron chi connectivity index (χ4n) is 9.02. The summed E-state index contributed by atoms with van der Waals surface area (Å²) in [5.41, 5.74) is 1.02. The minimum Gasteiger partial charge on any atom is -0.454 e. The molecule has 8 nitrogen and oxygen atoms in total. The van der Waals surface area contributed by atoms with Gasteiger partial charge in [-0.2, -0.15) is 18.3 Å². The molecule has 9 rings (SSSR count). The number of piperazine rings is 1. The van der Waals surface area contributed by atoms with Crippen LogP contribution in [0.1, 0.15) is 73.1 Å². The van der Waals surface area contributed by atoms with Crippen molar-refractivity contribution in [1.29, 1.82) is 0 Å². The van der Waals surface area contributed by atoms with Crippen molar-refractivity contribution in [2.45, 2.75) is 68.7 Å². The van der Waals surface area contributed by atoms with Crippen molar-refractivity contribution in [2.24, 2.45) is 17.8 Å². The zero-order valence-corrected chi connectivity index (χ0v) is 22.3. The van der Waals surface area contributed by atoms with Gasteiger partial charge in [-0.05, 0) is 74.0 Å². The van der Waals surface area contributed by atoms with Gasteiger partial charge in [0.2, 0.25) is 6.79 Å². The van der Waals surface area contributed by atoms with E-state index in [1.807, 2.05) is 0 Å². The van der Waals surface area contributed by atoms with Gasteiger partial charge in [0.25, 0.3) is 5.91 Å². The van der Waals surface area contributed by atoms with Crippen molar-refractivity contribution in [1.82, 2.24) is 19.6 Å². The van der Waals surface area contributed by atoms with Gasteiger partial charge in [-0.1, -0.05) is 6.07 Å². The highest BCUT2D eigenvalue weighted by Crippen LogP contribution is 2.58. The molecule has 1 amide bonds. The Bertz CT molecular complexity index is 1300. The summed E-state index contributed by atoms with van der Waals surface area (Å²) in [7, 11) is 0. The van der Waals surface area contributed by atoms with Gasteiger partial charge in [0, 0.05) is 44.2 Å². The third-order valence-electron chi connectivity index (χ3n) is 10.5. The third kappa shape index (κ3) is 3.98. The largest absolute Gasteiger partial charge is 0.454 e. The number of carbonyl (C=O) groups is 1. The molecule has 214 valence electrons. The van der Waals surface area contributed by atoms with E-state index in [0.717, 1.165) is 35.5 Å². The zero-order valence-electron chi connectivity index (χ0n) is 22.3. The van der Waals surface area contributed by atoms with Gasteiger partial charge in [-0.25, -0.2) is 4.68 Å². The van der Waals surface area contributed by atoms with Crippen LogP contribution in [-0.2, 0) is 0 Å². The monoisotopic (exact) mass is 557 g/mol. The summed E-state index contributed by atoms with van der Waals surface area (Å²) in [6.45, 7) is 2.90. The van der Waals surface area contributed by atoms with E-state index in [1.54, 1.807) is 23.1 Å². The average Bonchev–Trinajstić information content (AvgIpc) is 3.57. The summed E-state index contributed by atoms with van der Waals surface area (Å²) in [6, 6.07) is 4.21. The van der Waals surface area contributed by atoms with Crippen molar-refractivity contribution >= 4 is 11.7 Å². The summed E-state index contributed by atoms with van der Waals surface area (Å²) in [4.78, 5) is 17.9. The summed E-state index contributed by atoms with van der Waals surface area (Å²) in [5, 5.41) is 7.41. The predicted molar refractivity (Wildman–Crippen MR) is 139 cm³/mol. The molecule has 2 aromatic rings. The van der Waals surface area contributed by atoms with Crippen molar-refractivity contribution in [3.8, 4) is 11.5 Å². The number of halogens is 3. The first-order chi connectivity index (χ1) is 19.2. The van der Waals surface area contributed by atoms with Crippen LogP contribution in [0.5, 0.6) is 11.5 Å². The number of hydrogen-bond acceptors (Lipinski definition) is 6. The Hall–Kier alpha value is -2.95. The third-order valence-corrected chi connectivity index (χ3v) is 10.5. The molecule has 1 aromatic carbocycles. The van der Waals surface area contributed by atoms with Crippen LogP contribution in [0.4, 0.5) is 19.0 Å². The molecule has 7 aliphatic rings. The maximum absolute atomic E-state index is 14.2. The quantitative estimate of drug-likeness (QED) is 0.573. The molecule has 4 heterocycles. The Morgan fingerprint density at radius 1 is 0.925 bits per heavy atom. The first-order valence-corrected chi connectivity index (χ1v) is 14.6. The maximum atomic E-state index is 14.2. The smallest absolute Gasteiger partial charge is 0.410 e. The molecule has 40 heavy (non-hydrogen) atoms. The lowest BCUT2D eigenvalue weighted by atomic mass is 9.52. The molecular weight excluding hydrogens is 523 g/mol. The Morgan fingerprint density at radius 3 is 2.27 bits per heavy atom. The average molecular weight is 558 g/mol. The molecule has 4 saturated carbocycles. The Kier molecular flexibility index (Phi) is 5.44. The van der Waals surface area contributed by atoms with Gasteiger partial charge in [-0.3, -0.25) is 9.69 Å². The van der Waals surface area contributed by atoms with Crippen LogP contribution >= 0.6 is 0 Å². The second-order valence-electron chi connectivity index (χ2n) is 12.9. The van der Waals surface area contributed by atoms with Crippen molar-refractivity contribution in [2.75, 3.05) is 38.3 Å². The fourth-order valence-corrected chi connectivity index (χ4v) is 9.02. The number of anilines is 1. The molecule has 0 unspecified atom stereocenters. The van der Waals surface area contributed by atoms with Gasteiger partial charge in [-0.15, -0.1) is 0 Å². The number of fused-ring (bicyclic) bond motifs is 2. The number of alkyl halides is 3. The van der Waals surface area contributed by atoms with E-state index in [2.05, 4.69) is 15.3 Å². The van der Waals surface area contributed by atoms with Crippen LogP contribution in [0.25, 0.3) is 0 Å². The molecule has 2 atom stereocenters. The van der Waals surface area contributed by atoms with Crippen LogP contribution in [-0.4, -0.2) is 70.2 Å². The fraction of sp³-hybridized carbons (Fsp3) is 0.655. The first kappa shape index (κ1) is 24.8.